The van der Waals surface area contributed by atoms with E-state index in [0.717, 1.165) is 0 Å². The summed E-state index contributed by atoms with van der Waals surface area (Å²) in [5.74, 6) is 0. The first-order valence-electron chi connectivity index (χ1n) is 2.63. The van der Waals surface area contributed by atoms with E-state index in [1.807, 2.05) is 0 Å². The third-order valence-electron chi connectivity index (χ3n) is 1.04. The lowest BCUT2D eigenvalue weighted by atomic mass is 10.5. The van der Waals surface area contributed by atoms with Crippen LogP contribution in [0.3, 0.4) is 0 Å². The number of aromatic amines is 1. The minimum absolute atomic E-state index is 0.109. The maximum atomic E-state index is 10.8. The Labute approximate surface area is 75.1 Å². The number of rotatable bonds is 1. The van der Waals surface area contributed by atoms with E-state index < -0.39 is 7.01 Å². The summed E-state index contributed by atoms with van der Waals surface area (Å²) >= 11 is 1.30. The number of H-pyrrole nitrogens is 1. The van der Waals surface area contributed by atoms with Crippen LogP contribution in [0.25, 0.3) is 0 Å². The molecular weight excluding hydrogens is 281 g/mol. The van der Waals surface area contributed by atoms with Gasteiger partial charge in [-0.2, -0.15) is 0 Å². The molecule has 0 aliphatic heterocycles. The molecule has 0 bridgehead atoms. The van der Waals surface area contributed by atoms with Crippen LogP contribution in [0.5, 0.6) is 0 Å². The van der Waals surface area contributed by atoms with Crippen molar-refractivity contribution < 1.29 is 8.42 Å². The Morgan fingerprint density at radius 3 is 2.36 bits per heavy atom. The maximum Gasteiger partial charge on any atom is 0.247 e. The van der Waals surface area contributed by atoms with Gasteiger partial charge in [0.2, 0.25) is 12.6 Å². The molecule has 1 rings (SSSR count). The van der Waals surface area contributed by atoms with Gasteiger partial charge in [0.25, 0.3) is 0 Å². The summed E-state index contributed by atoms with van der Waals surface area (Å²) in [6, 6.07) is 2.44. The fourth-order valence-electron chi connectivity index (χ4n) is 0.548. The number of halogens is 1. The van der Waals surface area contributed by atoms with Gasteiger partial charge < -0.3 is 4.98 Å². The van der Waals surface area contributed by atoms with E-state index in [1.165, 1.54) is 39.5 Å². The molecule has 4 nitrogen and oxygen atoms in total. The summed E-state index contributed by atoms with van der Waals surface area (Å²) < 4.78 is 21.6. The SMILES string of the molecule is O=c1ccc(S(=O)(=O)I)c[nH]1. The molecule has 0 aliphatic rings. The molecule has 60 valence electrons. The van der Waals surface area contributed by atoms with Crippen molar-refractivity contribution in [2.75, 3.05) is 0 Å². The molecule has 0 fully saturated rings. The molecule has 0 atom stereocenters. The minimum atomic E-state index is -3.22. The number of hydrogen-bond acceptors (Lipinski definition) is 3. The number of aromatic nitrogens is 1. The summed E-state index contributed by atoms with van der Waals surface area (Å²) in [5.41, 5.74) is -0.311. The summed E-state index contributed by atoms with van der Waals surface area (Å²) in [6.07, 6.45) is 1.17. The van der Waals surface area contributed by atoms with Gasteiger partial charge in [-0.3, -0.25) is 4.79 Å². The first-order chi connectivity index (χ1) is 5.00. The molecule has 1 aromatic rings. The Balaban J connectivity index is 3.31. The zero-order valence-corrected chi connectivity index (χ0v) is 8.22. The fourth-order valence-corrected chi connectivity index (χ4v) is 1.80. The van der Waals surface area contributed by atoms with Crippen molar-refractivity contribution in [2.24, 2.45) is 0 Å². The van der Waals surface area contributed by atoms with Crippen LogP contribution in [-0.2, 0) is 7.01 Å². The van der Waals surface area contributed by atoms with Gasteiger partial charge in [-0.25, -0.2) is 8.42 Å². The normalized spacial score (nSPS) is 11.4. The van der Waals surface area contributed by atoms with Crippen LogP contribution in [0.4, 0.5) is 0 Å². The Morgan fingerprint density at radius 2 is 2.00 bits per heavy atom. The van der Waals surface area contributed by atoms with Crippen LogP contribution in [0.2, 0.25) is 0 Å². The molecule has 0 saturated heterocycles. The van der Waals surface area contributed by atoms with Crippen LogP contribution in [-0.4, -0.2) is 13.4 Å². The van der Waals surface area contributed by atoms with E-state index in [0.29, 0.717) is 0 Å². The van der Waals surface area contributed by atoms with Crippen LogP contribution in [0.15, 0.2) is 28.0 Å². The predicted octanol–water partition coefficient (Wildman–Crippen LogP) is 0.499. The van der Waals surface area contributed by atoms with Crippen molar-refractivity contribution in [2.45, 2.75) is 4.90 Å². The smallest absolute Gasteiger partial charge is 0.247 e. The summed E-state index contributed by atoms with van der Waals surface area (Å²) in [7, 11) is -3.22. The molecule has 0 aliphatic carbocycles. The average Bonchev–Trinajstić information content (AvgIpc) is 1.86. The predicted molar refractivity (Wildman–Crippen MR) is 48.3 cm³/mol. The van der Waals surface area contributed by atoms with Gasteiger partial charge in [-0.1, -0.05) is 0 Å². The van der Waals surface area contributed by atoms with Gasteiger partial charge >= 0.3 is 0 Å². The van der Waals surface area contributed by atoms with Gasteiger partial charge in [-0.05, 0) is 6.07 Å². The lowest BCUT2D eigenvalue weighted by Crippen LogP contribution is -2.03. The summed E-state index contributed by atoms with van der Waals surface area (Å²) in [6.45, 7) is 0. The first kappa shape index (κ1) is 8.72. The van der Waals surface area contributed by atoms with Gasteiger partial charge in [0.1, 0.15) is 0 Å². The van der Waals surface area contributed by atoms with Gasteiger partial charge in [-0.15, -0.1) is 0 Å². The lowest BCUT2D eigenvalue weighted by Gasteiger charge is -1.91. The monoisotopic (exact) mass is 285 g/mol. The number of nitrogens with one attached hydrogen (secondary N) is 1. The topological polar surface area (TPSA) is 67.0 Å². The Morgan fingerprint density at radius 1 is 1.36 bits per heavy atom. The van der Waals surface area contributed by atoms with Crippen molar-refractivity contribution >= 4 is 28.2 Å². The van der Waals surface area contributed by atoms with Gasteiger partial charge in [0.15, 0.2) is 0 Å². The Bertz CT molecular complexity index is 387. The molecule has 0 unspecified atom stereocenters. The van der Waals surface area contributed by atoms with E-state index >= 15 is 0 Å². The van der Waals surface area contributed by atoms with E-state index in [1.54, 1.807) is 0 Å². The standard InChI is InChI=1S/C5H4INO3S/c6-11(9,10)4-1-2-5(8)7-3-4/h1-3H,(H,7,8). The molecule has 0 spiro atoms. The molecule has 0 aromatic carbocycles. The second-order valence-electron chi connectivity index (χ2n) is 1.83. The van der Waals surface area contributed by atoms with Gasteiger partial charge in [0.05, 0.1) is 26.1 Å². The summed E-state index contributed by atoms with van der Waals surface area (Å²) in [5, 5.41) is 0. The number of pyridine rings is 1. The van der Waals surface area contributed by atoms with Crippen LogP contribution < -0.4 is 5.56 Å². The van der Waals surface area contributed by atoms with Crippen molar-refractivity contribution in [3.05, 3.63) is 28.7 Å². The molecule has 6 heteroatoms. The highest BCUT2D eigenvalue weighted by molar-refractivity contribution is 14.2. The van der Waals surface area contributed by atoms with Crippen molar-refractivity contribution in [1.82, 2.24) is 4.98 Å². The Kier molecular flexibility index (Phi) is 2.33. The highest BCUT2D eigenvalue weighted by Crippen LogP contribution is 2.13. The molecule has 1 aromatic heterocycles. The molecular formula is C5H4INO3S. The third-order valence-corrected chi connectivity index (χ3v) is 3.38. The highest BCUT2D eigenvalue weighted by atomic mass is 127. The molecule has 11 heavy (non-hydrogen) atoms. The highest BCUT2D eigenvalue weighted by Gasteiger charge is 2.07. The molecule has 1 N–H and O–H groups in total. The second-order valence-corrected chi connectivity index (χ2v) is 6.65. The average molecular weight is 285 g/mol. The van der Waals surface area contributed by atoms with Gasteiger partial charge in [0, 0.05) is 12.3 Å². The Hall–Kier alpha value is -0.370. The van der Waals surface area contributed by atoms with E-state index in [-0.39, 0.29) is 10.5 Å². The summed E-state index contributed by atoms with van der Waals surface area (Å²) in [4.78, 5) is 12.9. The molecule has 1 heterocycles. The van der Waals surface area contributed by atoms with Crippen LogP contribution in [0.1, 0.15) is 0 Å². The maximum absolute atomic E-state index is 10.8. The van der Waals surface area contributed by atoms with Crippen molar-refractivity contribution in [3.63, 3.8) is 0 Å². The lowest BCUT2D eigenvalue weighted by molar-refractivity contribution is 0.612. The zero-order chi connectivity index (χ0) is 8.48. The molecule has 0 radical (unpaired) electrons. The van der Waals surface area contributed by atoms with Crippen LogP contribution in [0, 0.1) is 0 Å². The largest absolute Gasteiger partial charge is 0.328 e. The molecule has 0 saturated carbocycles. The van der Waals surface area contributed by atoms with E-state index in [2.05, 4.69) is 4.98 Å². The minimum Gasteiger partial charge on any atom is -0.328 e. The van der Waals surface area contributed by atoms with Crippen LogP contribution >= 0.6 is 21.2 Å². The third kappa shape index (κ3) is 2.29. The number of hydrogen-bond donors (Lipinski definition) is 1. The molecule has 0 amide bonds. The van der Waals surface area contributed by atoms with Crippen molar-refractivity contribution in [1.29, 1.82) is 0 Å². The quantitative estimate of drug-likeness (QED) is 0.603. The van der Waals surface area contributed by atoms with E-state index in [9.17, 15) is 13.2 Å². The first-order valence-corrected chi connectivity index (χ1v) is 6.66. The second kappa shape index (κ2) is 2.94. The van der Waals surface area contributed by atoms with E-state index in [4.69, 9.17) is 0 Å². The van der Waals surface area contributed by atoms with Crippen molar-refractivity contribution in [3.8, 4) is 0 Å². The zero-order valence-electron chi connectivity index (χ0n) is 5.24. The fraction of sp³-hybridized carbons (Fsp3) is 0.